The molecular weight excluding hydrogens is 265 g/mol. The molecule has 21 heavy (non-hydrogen) atoms. The summed E-state index contributed by atoms with van der Waals surface area (Å²) >= 11 is 0. The number of ketones is 1. The Hall–Kier alpha value is -2.55. The van der Waals surface area contributed by atoms with Crippen LogP contribution in [0.4, 0.5) is 4.39 Å². The van der Waals surface area contributed by atoms with Crippen molar-refractivity contribution in [3.63, 3.8) is 0 Å². The molecule has 3 rings (SSSR count). The van der Waals surface area contributed by atoms with Crippen LogP contribution in [0, 0.1) is 12.7 Å². The highest BCUT2D eigenvalue weighted by atomic mass is 19.1. The summed E-state index contributed by atoms with van der Waals surface area (Å²) in [6.45, 7) is 1.77. The van der Waals surface area contributed by atoms with Gasteiger partial charge in [0.15, 0.2) is 5.78 Å². The third-order valence-corrected chi connectivity index (χ3v) is 3.36. The molecule has 0 saturated carbocycles. The molecule has 3 aromatic rings. The molecule has 1 aromatic heterocycles. The summed E-state index contributed by atoms with van der Waals surface area (Å²) in [5.41, 5.74) is 2.69. The van der Waals surface area contributed by atoms with Crippen LogP contribution in [-0.2, 0) is 6.42 Å². The van der Waals surface area contributed by atoms with Gasteiger partial charge in [-0.1, -0.05) is 24.3 Å². The molecule has 0 bridgehead atoms. The highest BCUT2D eigenvalue weighted by Crippen LogP contribution is 2.15. The number of Topliss-reactive ketones (excluding diaryl/α,β-unsaturated/α-hetero) is 1. The highest BCUT2D eigenvalue weighted by Gasteiger charge is 2.10. The van der Waals surface area contributed by atoms with Crippen molar-refractivity contribution in [2.75, 3.05) is 0 Å². The second kappa shape index (κ2) is 5.44. The lowest BCUT2D eigenvalue weighted by atomic mass is 10.0. The molecular formula is C18H14FNO. The van der Waals surface area contributed by atoms with Gasteiger partial charge in [-0.05, 0) is 42.8 Å². The molecule has 2 aromatic carbocycles. The number of nitrogens with zero attached hydrogens (tertiary/aromatic N) is 1. The summed E-state index contributed by atoms with van der Waals surface area (Å²) in [7, 11) is 0. The maximum atomic E-state index is 13.4. The average molecular weight is 279 g/mol. The number of carbonyl (C=O) groups excluding carboxylic acids is 1. The number of pyridine rings is 1. The number of hydrogen-bond acceptors (Lipinski definition) is 2. The zero-order valence-electron chi connectivity index (χ0n) is 11.6. The molecule has 0 atom stereocenters. The van der Waals surface area contributed by atoms with E-state index in [0.29, 0.717) is 11.3 Å². The standard InChI is InChI=1S/C18H14FNO/c1-12-8-14(10-15(19)9-12)18(21)11-16-7-6-13-4-2-3-5-17(13)20-16/h2-10H,11H2,1H3. The summed E-state index contributed by atoms with van der Waals surface area (Å²) in [6.07, 6.45) is 0.174. The summed E-state index contributed by atoms with van der Waals surface area (Å²) < 4.78 is 13.4. The van der Waals surface area contributed by atoms with E-state index >= 15 is 0 Å². The molecule has 0 spiro atoms. The van der Waals surface area contributed by atoms with Crippen molar-refractivity contribution in [3.8, 4) is 0 Å². The van der Waals surface area contributed by atoms with Crippen molar-refractivity contribution < 1.29 is 9.18 Å². The molecule has 0 amide bonds. The van der Waals surface area contributed by atoms with Gasteiger partial charge in [0.2, 0.25) is 0 Å². The molecule has 0 aliphatic rings. The zero-order valence-corrected chi connectivity index (χ0v) is 11.6. The third-order valence-electron chi connectivity index (χ3n) is 3.36. The predicted molar refractivity (Wildman–Crippen MR) is 80.9 cm³/mol. The first-order chi connectivity index (χ1) is 10.1. The fourth-order valence-corrected chi connectivity index (χ4v) is 2.37. The molecule has 0 aliphatic carbocycles. The van der Waals surface area contributed by atoms with Gasteiger partial charge in [-0.15, -0.1) is 0 Å². The maximum absolute atomic E-state index is 13.4. The van der Waals surface area contributed by atoms with E-state index in [1.54, 1.807) is 13.0 Å². The molecule has 3 heteroatoms. The van der Waals surface area contributed by atoms with Crippen LogP contribution in [0.3, 0.4) is 0 Å². The molecule has 1 heterocycles. The van der Waals surface area contributed by atoms with Gasteiger partial charge in [-0.25, -0.2) is 4.39 Å². The van der Waals surface area contributed by atoms with Crippen molar-refractivity contribution in [2.24, 2.45) is 0 Å². The Morgan fingerprint density at radius 3 is 2.71 bits per heavy atom. The topological polar surface area (TPSA) is 30.0 Å². The van der Waals surface area contributed by atoms with Crippen molar-refractivity contribution in [1.29, 1.82) is 0 Å². The quantitative estimate of drug-likeness (QED) is 0.675. The Morgan fingerprint density at radius 2 is 1.90 bits per heavy atom. The van der Waals surface area contributed by atoms with Crippen molar-refractivity contribution in [3.05, 3.63) is 77.2 Å². The monoisotopic (exact) mass is 279 g/mol. The summed E-state index contributed by atoms with van der Waals surface area (Å²) in [6, 6.07) is 15.9. The minimum Gasteiger partial charge on any atom is -0.294 e. The van der Waals surface area contributed by atoms with E-state index in [4.69, 9.17) is 0 Å². The summed E-state index contributed by atoms with van der Waals surface area (Å²) in [5.74, 6) is -0.509. The second-order valence-electron chi connectivity index (χ2n) is 5.11. The Labute approximate surface area is 122 Å². The lowest BCUT2D eigenvalue weighted by Crippen LogP contribution is -2.06. The zero-order chi connectivity index (χ0) is 14.8. The largest absolute Gasteiger partial charge is 0.294 e. The van der Waals surface area contributed by atoms with Crippen LogP contribution in [0.5, 0.6) is 0 Å². The summed E-state index contributed by atoms with van der Waals surface area (Å²) in [5, 5.41) is 1.04. The molecule has 0 fully saturated rings. The lowest BCUT2D eigenvalue weighted by Gasteiger charge is -2.04. The van der Waals surface area contributed by atoms with Gasteiger partial charge in [0, 0.05) is 16.6 Å². The summed E-state index contributed by atoms with van der Waals surface area (Å²) in [4.78, 5) is 16.7. The fraction of sp³-hybridized carbons (Fsp3) is 0.111. The van der Waals surface area contributed by atoms with Crippen molar-refractivity contribution in [2.45, 2.75) is 13.3 Å². The minimum absolute atomic E-state index is 0.125. The van der Waals surface area contributed by atoms with Crippen LogP contribution in [0.1, 0.15) is 21.6 Å². The Morgan fingerprint density at radius 1 is 1.10 bits per heavy atom. The SMILES string of the molecule is Cc1cc(F)cc(C(=O)Cc2ccc3ccccc3n2)c1. The van der Waals surface area contributed by atoms with Crippen LogP contribution in [-0.4, -0.2) is 10.8 Å². The van der Waals surface area contributed by atoms with Gasteiger partial charge >= 0.3 is 0 Å². The number of fused-ring (bicyclic) bond motifs is 1. The normalized spacial score (nSPS) is 10.8. The number of aromatic nitrogens is 1. The first kappa shape index (κ1) is 13.4. The molecule has 104 valence electrons. The number of rotatable bonds is 3. The number of para-hydroxylation sites is 1. The van der Waals surface area contributed by atoms with Gasteiger partial charge in [0.1, 0.15) is 5.82 Å². The van der Waals surface area contributed by atoms with E-state index in [1.807, 2.05) is 36.4 Å². The van der Waals surface area contributed by atoms with E-state index < -0.39 is 0 Å². The van der Waals surface area contributed by atoms with Crippen LogP contribution in [0.2, 0.25) is 0 Å². The molecule has 0 saturated heterocycles. The number of hydrogen-bond donors (Lipinski definition) is 0. The molecule has 0 aliphatic heterocycles. The first-order valence-electron chi connectivity index (χ1n) is 6.77. The Kier molecular flexibility index (Phi) is 3.48. The second-order valence-corrected chi connectivity index (χ2v) is 5.11. The Bertz CT molecular complexity index is 806. The van der Waals surface area contributed by atoms with E-state index in [9.17, 15) is 9.18 Å². The smallest absolute Gasteiger partial charge is 0.168 e. The highest BCUT2D eigenvalue weighted by molar-refractivity contribution is 5.97. The molecule has 0 radical (unpaired) electrons. The molecule has 2 nitrogen and oxygen atoms in total. The van der Waals surface area contributed by atoms with Gasteiger partial charge in [0.05, 0.1) is 11.9 Å². The number of halogens is 1. The van der Waals surface area contributed by atoms with Crippen LogP contribution >= 0.6 is 0 Å². The van der Waals surface area contributed by atoms with Crippen molar-refractivity contribution in [1.82, 2.24) is 4.98 Å². The number of benzene rings is 2. The average Bonchev–Trinajstić information content (AvgIpc) is 2.46. The van der Waals surface area contributed by atoms with Crippen molar-refractivity contribution >= 4 is 16.7 Å². The number of carbonyl (C=O) groups is 1. The number of aryl methyl sites for hydroxylation is 1. The molecule has 0 N–H and O–H groups in total. The first-order valence-corrected chi connectivity index (χ1v) is 6.77. The minimum atomic E-state index is -0.384. The van der Waals surface area contributed by atoms with E-state index in [2.05, 4.69) is 4.98 Å². The van der Waals surface area contributed by atoms with Gasteiger partial charge in [0.25, 0.3) is 0 Å². The Balaban J connectivity index is 1.88. The van der Waals surface area contributed by atoms with E-state index in [-0.39, 0.29) is 18.0 Å². The molecule has 0 unspecified atom stereocenters. The maximum Gasteiger partial charge on any atom is 0.168 e. The van der Waals surface area contributed by atoms with Gasteiger partial charge < -0.3 is 0 Å². The lowest BCUT2D eigenvalue weighted by molar-refractivity contribution is 0.0991. The van der Waals surface area contributed by atoms with Crippen LogP contribution in [0.15, 0.2) is 54.6 Å². The van der Waals surface area contributed by atoms with Crippen LogP contribution in [0.25, 0.3) is 10.9 Å². The third kappa shape index (κ3) is 2.97. The predicted octanol–water partition coefficient (Wildman–Crippen LogP) is 4.11. The fourth-order valence-electron chi connectivity index (χ4n) is 2.37. The van der Waals surface area contributed by atoms with Crippen LogP contribution < -0.4 is 0 Å². The van der Waals surface area contributed by atoms with E-state index in [0.717, 1.165) is 16.5 Å². The van der Waals surface area contributed by atoms with E-state index in [1.165, 1.54) is 12.1 Å². The van der Waals surface area contributed by atoms with Gasteiger partial charge in [-0.3, -0.25) is 9.78 Å². The van der Waals surface area contributed by atoms with Gasteiger partial charge in [-0.2, -0.15) is 0 Å².